The van der Waals surface area contributed by atoms with E-state index in [9.17, 15) is 0 Å². The predicted octanol–water partition coefficient (Wildman–Crippen LogP) is 15.2. The minimum absolute atomic E-state index is 0.135. The average molecular weight is 754 g/mol. The summed E-state index contributed by atoms with van der Waals surface area (Å²) < 4.78 is 0. The Morgan fingerprint density at radius 3 is 1.46 bits per heavy atom. The predicted molar refractivity (Wildman–Crippen MR) is 247 cm³/mol. The van der Waals surface area contributed by atoms with Crippen LogP contribution in [0, 0.1) is 0 Å². The van der Waals surface area contributed by atoms with Gasteiger partial charge in [-0.05, 0) is 103 Å². The van der Waals surface area contributed by atoms with E-state index in [2.05, 4.69) is 243 Å². The second-order valence-corrected chi connectivity index (χ2v) is 16.5. The third-order valence-corrected chi connectivity index (χ3v) is 13.0. The van der Waals surface area contributed by atoms with Crippen molar-refractivity contribution in [2.75, 3.05) is 4.90 Å². The minimum atomic E-state index is -0.539. The maximum absolute atomic E-state index is 2.50. The van der Waals surface area contributed by atoms with E-state index >= 15 is 0 Å². The molecule has 11 rings (SSSR count). The van der Waals surface area contributed by atoms with Gasteiger partial charge in [-0.25, -0.2) is 0 Å². The van der Waals surface area contributed by atoms with Crippen molar-refractivity contribution in [3.8, 4) is 44.5 Å². The molecular formula is C58H43N. The van der Waals surface area contributed by atoms with E-state index in [4.69, 9.17) is 0 Å². The summed E-state index contributed by atoms with van der Waals surface area (Å²) in [6, 6.07) is 83.0. The highest BCUT2D eigenvalue weighted by molar-refractivity contribution is 5.98. The summed E-state index contributed by atoms with van der Waals surface area (Å²) in [6.45, 7) is 4.74. The highest BCUT2D eigenvalue weighted by atomic mass is 15.1. The van der Waals surface area contributed by atoms with Crippen LogP contribution in [0.25, 0.3) is 44.5 Å². The molecule has 59 heavy (non-hydrogen) atoms. The van der Waals surface area contributed by atoms with Crippen LogP contribution in [0.15, 0.2) is 224 Å². The van der Waals surface area contributed by atoms with E-state index < -0.39 is 5.41 Å². The molecule has 0 spiro atoms. The first kappa shape index (κ1) is 35.0. The first-order valence-corrected chi connectivity index (χ1v) is 20.7. The first-order valence-electron chi connectivity index (χ1n) is 20.7. The third-order valence-electron chi connectivity index (χ3n) is 13.0. The van der Waals surface area contributed by atoms with Crippen molar-refractivity contribution >= 4 is 17.1 Å². The molecule has 0 bridgehead atoms. The zero-order valence-corrected chi connectivity index (χ0v) is 33.3. The molecule has 0 radical (unpaired) electrons. The number of rotatable bonds is 7. The van der Waals surface area contributed by atoms with Crippen LogP contribution < -0.4 is 4.90 Å². The molecule has 0 saturated heterocycles. The van der Waals surface area contributed by atoms with Crippen molar-refractivity contribution in [3.63, 3.8) is 0 Å². The van der Waals surface area contributed by atoms with Gasteiger partial charge in [-0.3, -0.25) is 0 Å². The molecule has 0 heterocycles. The molecule has 0 aromatic heterocycles. The Bertz CT molecular complexity index is 2980. The minimum Gasteiger partial charge on any atom is -0.310 e. The molecule has 1 heteroatoms. The molecule has 2 aliphatic carbocycles. The van der Waals surface area contributed by atoms with Gasteiger partial charge in [0.25, 0.3) is 0 Å². The van der Waals surface area contributed by atoms with Crippen LogP contribution in [0.5, 0.6) is 0 Å². The molecular weight excluding hydrogens is 711 g/mol. The van der Waals surface area contributed by atoms with Crippen LogP contribution in [0.2, 0.25) is 0 Å². The Hall–Kier alpha value is -7.22. The fourth-order valence-corrected chi connectivity index (χ4v) is 10.2. The van der Waals surface area contributed by atoms with Crippen molar-refractivity contribution in [2.24, 2.45) is 0 Å². The van der Waals surface area contributed by atoms with E-state index in [1.807, 2.05) is 0 Å². The Labute approximate surface area is 347 Å². The highest BCUT2D eigenvalue weighted by Gasteiger charge is 2.47. The quantitative estimate of drug-likeness (QED) is 0.157. The molecule has 280 valence electrons. The molecule has 0 amide bonds. The first-order chi connectivity index (χ1) is 29.0. The molecule has 2 aliphatic rings. The molecule has 0 saturated carbocycles. The Kier molecular flexibility index (Phi) is 8.13. The zero-order chi connectivity index (χ0) is 39.6. The van der Waals surface area contributed by atoms with Crippen LogP contribution in [-0.4, -0.2) is 0 Å². The molecule has 1 unspecified atom stereocenters. The second-order valence-electron chi connectivity index (χ2n) is 16.5. The maximum Gasteiger partial charge on any atom is 0.0714 e. The number of anilines is 3. The third kappa shape index (κ3) is 5.39. The normalized spacial score (nSPS) is 15.5. The van der Waals surface area contributed by atoms with E-state index in [0.29, 0.717) is 0 Å². The molecule has 9 aromatic carbocycles. The maximum atomic E-state index is 2.50. The summed E-state index contributed by atoms with van der Waals surface area (Å²) in [7, 11) is 0. The molecule has 0 fully saturated rings. The number of fused-ring (bicyclic) bond motifs is 6. The summed E-state index contributed by atoms with van der Waals surface area (Å²) in [5.41, 5.74) is 20.6. The molecule has 0 N–H and O–H groups in total. The van der Waals surface area contributed by atoms with Crippen molar-refractivity contribution in [1.82, 2.24) is 0 Å². The molecule has 1 nitrogen and oxygen atoms in total. The SMILES string of the molecule is CC1(C)c2ccccc2-c2ccc(N(c3ccc(-c4ccccc4)cc3)c3cccc4c3-c3ccccc3C4(c3ccccc3)c3ccc(-c4ccccc4)cc3)cc21. The molecule has 9 aromatic rings. The van der Waals surface area contributed by atoms with Gasteiger partial charge in [0.05, 0.1) is 11.1 Å². The van der Waals surface area contributed by atoms with Gasteiger partial charge >= 0.3 is 0 Å². The second kappa shape index (κ2) is 13.7. The highest BCUT2D eigenvalue weighted by Crippen LogP contribution is 2.60. The Morgan fingerprint density at radius 2 is 0.797 bits per heavy atom. The summed E-state index contributed by atoms with van der Waals surface area (Å²) in [6.07, 6.45) is 0. The molecule has 1 atom stereocenters. The fourth-order valence-electron chi connectivity index (χ4n) is 10.2. The van der Waals surface area contributed by atoms with Crippen LogP contribution in [0.3, 0.4) is 0 Å². The lowest BCUT2D eigenvalue weighted by Crippen LogP contribution is -2.28. The molecule has 0 aliphatic heterocycles. The summed E-state index contributed by atoms with van der Waals surface area (Å²) in [5.74, 6) is 0. The van der Waals surface area contributed by atoms with Gasteiger partial charge in [0.15, 0.2) is 0 Å². The standard InChI is InChI=1S/C58H43N/c1-57(2)51-25-14-12-23-48(51)49-38-37-47(39-54(49)57)59(46-35-31-43(32-36-46)41-19-8-4-9-20-41)55-28-16-27-53-56(55)50-24-13-15-26-52(50)58(53,44-21-10-5-11-22-44)45-33-29-42(30-34-45)40-17-6-3-7-18-40/h3-39H,1-2H3. The lowest BCUT2D eigenvalue weighted by Gasteiger charge is -2.34. The van der Waals surface area contributed by atoms with Crippen LogP contribution in [0.1, 0.15) is 47.2 Å². The van der Waals surface area contributed by atoms with Gasteiger partial charge in [-0.15, -0.1) is 0 Å². The topological polar surface area (TPSA) is 3.24 Å². The smallest absolute Gasteiger partial charge is 0.0714 e. The van der Waals surface area contributed by atoms with E-state index in [1.54, 1.807) is 0 Å². The van der Waals surface area contributed by atoms with Gasteiger partial charge < -0.3 is 4.90 Å². The Balaban J connectivity index is 1.16. The van der Waals surface area contributed by atoms with Crippen molar-refractivity contribution in [2.45, 2.75) is 24.7 Å². The summed E-state index contributed by atoms with van der Waals surface area (Å²) in [5, 5.41) is 0. The van der Waals surface area contributed by atoms with E-state index in [0.717, 1.165) is 17.1 Å². The van der Waals surface area contributed by atoms with Crippen LogP contribution in [0.4, 0.5) is 17.1 Å². The van der Waals surface area contributed by atoms with Gasteiger partial charge in [-0.1, -0.05) is 208 Å². The summed E-state index contributed by atoms with van der Waals surface area (Å²) >= 11 is 0. The lowest BCUT2D eigenvalue weighted by atomic mass is 9.67. The van der Waals surface area contributed by atoms with Crippen molar-refractivity contribution in [1.29, 1.82) is 0 Å². The lowest BCUT2D eigenvalue weighted by molar-refractivity contribution is 0.660. The van der Waals surface area contributed by atoms with Gasteiger partial charge in [0.2, 0.25) is 0 Å². The van der Waals surface area contributed by atoms with Gasteiger partial charge in [-0.2, -0.15) is 0 Å². The van der Waals surface area contributed by atoms with E-state index in [1.165, 1.54) is 77.9 Å². The fraction of sp³-hybridized carbons (Fsp3) is 0.0690. The monoisotopic (exact) mass is 753 g/mol. The average Bonchev–Trinajstić information content (AvgIpc) is 3.74. The van der Waals surface area contributed by atoms with Gasteiger partial charge in [0.1, 0.15) is 0 Å². The number of benzene rings is 9. The van der Waals surface area contributed by atoms with E-state index in [-0.39, 0.29) is 5.41 Å². The number of hydrogen-bond acceptors (Lipinski definition) is 1. The summed E-state index contributed by atoms with van der Waals surface area (Å²) in [4.78, 5) is 2.50. The largest absolute Gasteiger partial charge is 0.310 e. The zero-order valence-electron chi connectivity index (χ0n) is 33.3. The van der Waals surface area contributed by atoms with Crippen LogP contribution in [-0.2, 0) is 10.8 Å². The van der Waals surface area contributed by atoms with Crippen molar-refractivity contribution < 1.29 is 0 Å². The van der Waals surface area contributed by atoms with Gasteiger partial charge in [0, 0.05) is 22.4 Å². The van der Waals surface area contributed by atoms with Crippen molar-refractivity contribution in [3.05, 3.63) is 258 Å². The Morgan fingerprint density at radius 1 is 0.322 bits per heavy atom. The van der Waals surface area contributed by atoms with Crippen LogP contribution >= 0.6 is 0 Å². The number of nitrogens with zero attached hydrogens (tertiary/aromatic N) is 1. The number of hydrogen-bond donors (Lipinski definition) is 0.